The normalized spacial score (nSPS) is 24.9. The van der Waals surface area contributed by atoms with Gasteiger partial charge in [-0.1, -0.05) is 0 Å². The van der Waals surface area contributed by atoms with Gasteiger partial charge in [-0.25, -0.2) is 0 Å². The fourth-order valence-corrected chi connectivity index (χ4v) is 4.66. The first-order valence-corrected chi connectivity index (χ1v) is 9.77. The molecule has 0 N–H and O–H groups in total. The lowest BCUT2D eigenvalue weighted by molar-refractivity contribution is -0.131. The van der Waals surface area contributed by atoms with E-state index in [1.165, 1.54) is 5.56 Å². The third-order valence-corrected chi connectivity index (χ3v) is 6.41. The topological polar surface area (TPSA) is 72.1 Å². The second-order valence-corrected chi connectivity index (χ2v) is 8.14. The Balaban J connectivity index is 1.43. The molecule has 2 saturated heterocycles. The average Bonchev–Trinajstić information content (AvgIpc) is 3.18. The highest BCUT2D eigenvalue weighted by atomic mass is 16.5. The minimum Gasteiger partial charge on any atom is -0.381 e. The predicted molar refractivity (Wildman–Crippen MR) is 99.9 cm³/mol. The molecule has 0 radical (unpaired) electrons. The Morgan fingerprint density at radius 2 is 2.15 bits per heavy atom. The lowest BCUT2D eigenvalue weighted by Crippen LogP contribution is -2.37. The maximum atomic E-state index is 13.0. The number of aromatic nitrogens is 2. The van der Waals surface area contributed by atoms with Crippen LogP contribution in [0.5, 0.6) is 0 Å². The summed E-state index contributed by atoms with van der Waals surface area (Å²) in [7, 11) is 1.94. The van der Waals surface area contributed by atoms with Gasteiger partial charge in [-0.3, -0.25) is 9.48 Å². The number of carbonyl (C=O) groups is 1. The molecule has 3 aliphatic rings. The van der Waals surface area contributed by atoms with Crippen LogP contribution in [0.4, 0.5) is 0 Å². The first kappa shape index (κ1) is 18.2. The molecule has 1 atom stereocenters. The lowest BCUT2D eigenvalue weighted by atomic mass is 9.70. The number of aryl methyl sites for hydroxylation is 1. The fourth-order valence-electron chi connectivity index (χ4n) is 4.66. The van der Waals surface area contributed by atoms with E-state index in [4.69, 9.17) is 11.2 Å². The second kappa shape index (κ2) is 7.08. The molecule has 1 amide bonds. The smallest absolute Gasteiger partial charge is 0.222 e. The Morgan fingerprint density at radius 3 is 2.78 bits per heavy atom. The van der Waals surface area contributed by atoms with Gasteiger partial charge in [-0.2, -0.15) is 15.3 Å². The third-order valence-electron chi connectivity index (χ3n) is 6.41. The van der Waals surface area contributed by atoms with E-state index in [-0.39, 0.29) is 17.0 Å². The summed E-state index contributed by atoms with van der Waals surface area (Å²) in [6.07, 6.45) is 13.9. The van der Waals surface area contributed by atoms with E-state index in [0.717, 1.165) is 45.6 Å². The number of ether oxygens (including phenoxy) is 1. The molecule has 2 fully saturated rings. The first-order valence-electron chi connectivity index (χ1n) is 9.77. The Kier molecular flexibility index (Phi) is 4.77. The van der Waals surface area contributed by atoms with Crippen molar-refractivity contribution >= 4 is 5.91 Å². The second-order valence-electron chi connectivity index (χ2n) is 8.14. The van der Waals surface area contributed by atoms with Gasteiger partial charge in [0.25, 0.3) is 0 Å². The molecule has 1 unspecified atom stereocenters. The molecule has 3 aliphatic heterocycles. The Morgan fingerprint density at radius 1 is 1.37 bits per heavy atom. The van der Waals surface area contributed by atoms with Crippen molar-refractivity contribution in [2.45, 2.75) is 50.1 Å². The van der Waals surface area contributed by atoms with Gasteiger partial charge in [0.2, 0.25) is 5.91 Å². The summed E-state index contributed by atoms with van der Waals surface area (Å²) in [6, 6.07) is 0. The summed E-state index contributed by atoms with van der Waals surface area (Å²) in [5.74, 6) is 3.16. The third kappa shape index (κ3) is 3.63. The fraction of sp³-hybridized carbons (Fsp3) is 0.700. The van der Waals surface area contributed by atoms with Crippen molar-refractivity contribution in [2.75, 3.05) is 26.3 Å². The number of rotatable bonds is 6. The van der Waals surface area contributed by atoms with Crippen LogP contribution in [0.3, 0.4) is 0 Å². The van der Waals surface area contributed by atoms with Gasteiger partial charge in [-0.05, 0) is 18.4 Å². The van der Waals surface area contributed by atoms with Crippen molar-refractivity contribution in [1.82, 2.24) is 14.7 Å². The molecule has 4 rings (SSSR count). The highest BCUT2D eigenvalue weighted by molar-refractivity contribution is 5.77. The van der Waals surface area contributed by atoms with Gasteiger partial charge in [0, 0.05) is 76.6 Å². The molecule has 4 heterocycles. The molecule has 0 aromatic carbocycles. The van der Waals surface area contributed by atoms with Crippen LogP contribution in [0.2, 0.25) is 0 Å². The number of hydrogen-bond donors (Lipinski definition) is 0. The van der Waals surface area contributed by atoms with Gasteiger partial charge in [0.1, 0.15) is 0 Å². The molecule has 0 bridgehead atoms. The quantitative estimate of drug-likeness (QED) is 0.723. The molecule has 7 heteroatoms. The van der Waals surface area contributed by atoms with Crippen molar-refractivity contribution < 1.29 is 9.53 Å². The average molecular weight is 369 g/mol. The number of terminal acetylenes is 1. The zero-order chi connectivity index (χ0) is 18.9. The van der Waals surface area contributed by atoms with Gasteiger partial charge in [0.05, 0.1) is 6.20 Å². The standard InChI is InChI=1S/C20H27N5O2/c1-3-4-6-20(22-23-20)7-5-18(26)25-14-17(16-12-21-24(2)13-16)19(15-25)8-10-27-11-9-19/h1,12-13,17H,4-11,14-15H2,2H3. The number of hydrogen-bond acceptors (Lipinski definition) is 5. The molecular formula is C20H27N5O2. The van der Waals surface area contributed by atoms with E-state index in [1.54, 1.807) is 0 Å². The highest BCUT2D eigenvalue weighted by Crippen LogP contribution is 2.49. The van der Waals surface area contributed by atoms with Crippen LogP contribution in [0.15, 0.2) is 22.6 Å². The summed E-state index contributed by atoms with van der Waals surface area (Å²) in [6.45, 7) is 3.11. The van der Waals surface area contributed by atoms with E-state index in [0.29, 0.717) is 25.2 Å². The zero-order valence-corrected chi connectivity index (χ0v) is 15.9. The first-order chi connectivity index (χ1) is 13.1. The number of amides is 1. The number of likely N-dealkylation sites (tertiary alicyclic amines) is 1. The largest absolute Gasteiger partial charge is 0.381 e. The summed E-state index contributed by atoms with van der Waals surface area (Å²) in [5, 5.41) is 12.7. The van der Waals surface area contributed by atoms with Crippen LogP contribution in [-0.4, -0.2) is 52.6 Å². The molecular weight excluding hydrogens is 342 g/mol. The van der Waals surface area contributed by atoms with Gasteiger partial charge >= 0.3 is 0 Å². The molecule has 144 valence electrons. The summed E-state index contributed by atoms with van der Waals surface area (Å²) >= 11 is 0. The van der Waals surface area contributed by atoms with E-state index in [1.807, 2.05) is 22.8 Å². The van der Waals surface area contributed by atoms with Crippen molar-refractivity contribution in [3.05, 3.63) is 18.0 Å². The number of carbonyl (C=O) groups excluding carboxylic acids is 1. The zero-order valence-electron chi connectivity index (χ0n) is 15.9. The molecule has 0 saturated carbocycles. The highest BCUT2D eigenvalue weighted by Gasteiger charge is 2.50. The molecule has 27 heavy (non-hydrogen) atoms. The van der Waals surface area contributed by atoms with Crippen LogP contribution in [0, 0.1) is 17.8 Å². The maximum absolute atomic E-state index is 13.0. The SMILES string of the molecule is C#CCCC1(CCC(=O)N2CC(c3cnn(C)c3)C3(CCOCC3)C2)N=N1. The monoisotopic (exact) mass is 369 g/mol. The Labute approximate surface area is 160 Å². The number of nitrogens with zero attached hydrogens (tertiary/aromatic N) is 5. The van der Waals surface area contributed by atoms with Crippen molar-refractivity contribution in [3.63, 3.8) is 0 Å². The van der Waals surface area contributed by atoms with Crippen LogP contribution in [0.1, 0.15) is 50.0 Å². The van der Waals surface area contributed by atoms with Crippen LogP contribution in [0.25, 0.3) is 0 Å². The van der Waals surface area contributed by atoms with Gasteiger partial charge in [0.15, 0.2) is 5.66 Å². The van der Waals surface area contributed by atoms with Crippen molar-refractivity contribution in [3.8, 4) is 12.3 Å². The summed E-state index contributed by atoms with van der Waals surface area (Å²) in [5.41, 5.74) is 0.945. The Bertz CT molecular complexity index is 766. The molecule has 7 nitrogen and oxygen atoms in total. The van der Waals surface area contributed by atoms with Crippen LogP contribution >= 0.6 is 0 Å². The molecule has 1 spiro atoms. The molecule has 1 aromatic heterocycles. The minimum absolute atomic E-state index is 0.104. The maximum Gasteiger partial charge on any atom is 0.222 e. The van der Waals surface area contributed by atoms with E-state index in [2.05, 4.69) is 27.4 Å². The van der Waals surface area contributed by atoms with Crippen LogP contribution < -0.4 is 0 Å². The molecule has 1 aromatic rings. The van der Waals surface area contributed by atoms with Gasteiger partial charge < -0.3 is 9.64 Å². The van der Waals surface area contributed by atoms with Crippen LogP contribution in [-0.2, 0) is 16.6 Å². The summed E-state index contributed by atoms with van der Waals surface area (Å²) < 4.78 is 7.46. The van der Waals surface area contributed by atoms with E-state index >= 15 is 0 Å². The minimum atomic E-state index is -0.388. The lowest BCUT2D eigenvalue weighted by Gasteiger charge is -2.37. The van der Waals surface area contributed by atoms with E-state index < -0.39 is 0 Å². The van der Waals surface area contributed by atoms with Crippen molar-refractivity contribution in [1.29, 1.82) is 0 Å². The van der Waals surface area contributed by atoms with E-state index in [9.17, 15) is 4.79 Å². The van der Waals surface area contributed by atoms with Gasteiger partial charge in [-0.15, -0.1) is 12.3 Å². The Hall–Kier alpha value is -2.20. The summed E-state index contributed by atoms with van der Waals surface area (Å²) in [4.78, 5) is 15.0. The molecule has 0 aliphatic carbocycles. The van der Waals surface area contributed by atoms with Crippen molar-refractivity contribution in [2.24, 2.45) is 22.7 Å². The predicted octanol–water partition coefficient (Wildman–Crippen LogP) is 2.50.